The molecule has 1 aromatic carbocycles. The molecule has 1 aromatic heterocycles. The van der Waals surface area contributed by atoms with Gasteiger partial charge in [0, 0.05) is 20.1 Å². The quantitative estimate of drug-likeness (QED) is 0.762. The number of nitrogens with one attached hydrogen (secondary N) is 2. The van der Waals surface area contributed by atoms with Gasteiger partial charge >= 0.3 is 0 Å². The third kappa shape index (κ3) is 1.37. The maximum absolute atomic E-state index is 4.56. The predicted octanol–water partition coefficient (Wildman–Crippen LogP) is 0.971. The van der Waals surface area contributed by atoms with E-state index in [2.05, 4.69) is 33.3 Å². The van der Waals surface area contributed by atoms with E-state index >= 15 is 0 Å². The minimum atomic E-state index is 0.575. The van der Waals surface area contributed by atoms with Gasteiger partial charge in [0.1, 0.15) is 0 Å². The van der Waals surface area contributed by atoms with Crippen LogP contribution in [0.4, 0.5) is 5.95 Å². The Hall–Kier alpha value is -1.55. The van der Waals surface area contributed by atoms with Gasteiger partial charge in [-0.25, -0.2) is 4.98 Å². The number of para-hydroxylation sites is 2. The van der Waals surface area contributed by atoms with Crippen LogP contribution in [0.3, 0.4) is 0 Å². The van der Waals surface area contributed by atoms with E-state index in [9.17, 15) is 0 Å². The van der Waals surface area contributed by atoms with E-state index in [-0.39, 0.29) is 0 Å². The number of fused-ring (bicyclic) bond motifs is 1. The van der Waals surface area contributed by atoms with Crippen LogP contribution in [-0.4, -0.2) is 36.1 Å². The highest BCUT2D eigenvalue weighted by Crippen LogP contribution is 2.18. The smallest absolute Gasteiger partial charge is 0.203 e. The fourth-order valence-corrected chi connectivity index (χ4v) is 1.83. The summed E-state index contributed by atoms with van der Waals surface area (Å²) in [6.45, 7) is 2.10. The van der Waals surface area contributed by atoms with Crippen LogP contribution in [0.2, 0.25) is 0 Å². The topological polar surface area (TPSA) is 44.0 Å². The molecule has 3 rings (SSSR count). The Kier molecular flexibility index (Phi) is 1.89. The number of H-pyrrole nitrogens is 1. The van der Waals surface area contributed by atoms with Crippen molar-refractivity contribution < 1.29 is 0 Å². The molecular weight excluding hydrogens is 188 g/mol. The van der Waals surface area contributed by atoms with Crippen molar-refractivity contribution in [3.05, 3.63) is 24.3 Å². The van der Waals surface area contributed by atoms with Crippen LogP contribution in [-0.2, 0) is 0 Å². The number of hydrogen-bond donors (Lipinski definition) is 2. The van der Waals surface area contributed by atoms with Gasteiger partial charge in [-0.1, -0.05) is 12.1 Å². The largest absolute Gasteiger partial charge is 0.340 e. The molecule has 0 saturated carbocycles. The summed E-state index contributed by atoms with van der Waals surface area (Å²) in [6, 6.07) is 8.69. The zero-order chi connectivity index (χ0) is 10.3. The average Bonchev–Trinajstić information content (AvgIpc) is 2.58. The molecule has 4 nitrogen and oxygen atoms in total. The highest BCUT2D eigenvalue weighted by atomic mass is 15.3. The maximum atomic E-state index is 4.56. The summed E-state index contributed by atoms with van der Waals surface area (Å²) in [5, 5.41) is 3.26. The van der Waals surface area contributed by atoms with Gasteiger partial charge in [0.15, 0.2) is 0 Å². The van der Waals surface area contributed by atoms with Crippen molar-refractivity contribution in [1.29, 1.82) is 0 Å². The van der Waals surface area contributed by atoms with Gasteiger partial charge in [-0.3, -0.25) is 0 Å². The molecule has 2 N–H and O–H groups in total. The molecule has 0 aliphatic carbocycles. The zero-order valence-corrected chi connectivity index (χ0v) is 8.70. The second-order valence-electron chi connectivity index (χ2n) is 4.00. The first-order valence-electron chi connectivity index (χ1n) is 5.23. The van der Waals surface area contributed by atoms with Crippen LogP contribution in [0, 0.1) is 0 Å². The zero-order valence-electron chi connectivity index (χ0n) is 8.70. The molecule has 2 heterocycles. The van der Waals surface area contributed by atoms with Gasteiger partial charge in [0.2, 0.25) is 5.95 Å². The maximum Gasteiger partial charge on any atom is 0.203 e. The third-order valence-electron chi connectivity index (χ3n) is 3.02. The Balaban J connectivity index is 1.96. The predicted molar refractivity (Wildman–Crippen MR) is 61.2 cm³/mol. The number of imidazole rings is 1. The third-order valence-corrected chi connectivity index (χ3v) is 3.02. The van der Waals surface area contributed by atoms with Gasteiger partial charge in [-0.15, -0.1) is 0 Å². The molecule has 0 radical (unpaired) electrons. The van der Waals surface area contributed by atoms with Crippen LogP contribution >= 0.6 is 0 Å². The molecule has 1 fully saturated rings. The summed E-state index contributed by atoms with van der Waals surface area (Å²) in [7, 11) is 2.09. The van der Waals surface area contributed by atoms with E-state index in [1.165, 1.54) is 0 Å². The lowest BCUT2D eigenvalue weighted by Gasteiger charge is -2.35. The Bertz CT molecular complexity index is 439. The van der Waals surface area contributed by atoms with Crippen molar-refractivity contribution in [1.82, 2.24) is 15.3 Å². The first kappa shape index (κ1) is 8.73. The molecule has 15 heavy (non-hydrogen) atoms. The second-order valence-corrected chi connectivity index (χ2v) is 4.00. The van der Waals surface area contributed by atoms with Crippen molar-refractivity contribution in [3.63, 3.8) is 0 Å². The van der Waals surface area contributed by atoms with Crippen molar-refractivity contribution in [3.8, 4) is 0 Å². The number of nitrogens with zero attached hydrogens (tertiary/aromatic N) is 2. The van der Waals surface area contributed by atoms with Gasteiger partial charge in [-0.2, -0.15) is 0 Å². The SMILES string of the molecule is CN(c1nc2ccccc2[nH]1)C1CNC1. The fraction of sp³-hybridized carbons (Fsp3) is 0.364. The normalized spacial score (nSPS) is 16.6. The summed E-state index contributed by atoms with van der Waals surface area (Å²) >= 11 is 0. The minimum Gasteiger partial charge on any atom is -0.340 e. The van der Waals surface area contributed by atoms with Crippen molar-refractivity contribution in [2.24, 2.45) is 0 Å². The number of aromatic nitrogens is 2. The second kappa shape index (κ2) is 3.24. The molecule has 1 saturated heterocycles. The molecule has 0 amide bonds. The van der Waals surface area contributed by atoms with E-state index < -0.39 is 0 Å². The fourth-order valence-electron chi connectivity index (χ4n) is 1.83. The van der Waals surface area contributed by atoms with E-state index in [1.54, 1.807) is 0 Å². The Morgan fingerprint density at radius 2 is 2.13 bits per heavy atom. The molecule has 0 spiro atoms. The van der Waals surface area contributed by atoms with E-state index in [1.807, 2.05) is 18.2 Å². The standard InChI is InChI=1S/C11H14N4/c1-15(8-6-12-7-8)11-13-9-4-2-3-5-10(9)14-11/h2-5,8,12H,6-7H2,1H3,(H,13,14). The molecule has 1 aliphatic heterocycles. The van der Waals surface area contributed by atoms with Crippen molar-refractivity contribution in [2.45, 2.75) is 6.04 Å². The summed E-state index contributed by atoms with van der Waals surface area (Å²) in [5.74, 6) is 0.961. The lowest BCUT2D eigenvalue weighted by Crippen LogP contribution is -2.56. The number of likely N-dealkylation sites (N-methyl/N-ethyl adjacent to an activating group) is 1. The number of rotatable bonds is 2. The van der Waals surface area contributed by atoms with Crippen LogP contribution in [0.1, 0.15) is 0 Å². The molecule has 4 heteroatoms. The molecule has 2 aromatic rings. The number of anilines is 1. The Labute approximate surface area is 88.3 Å². The Morgan fingerprint density at radius 1 is 1.33 bits per heavy atom. The molecule has 0 bridgehead atoms. The molecule has 1 aliphatic rings. The number of benzene rings is 1. The van der Waals surface area contributed by atoms with Gasteiger partial charge < -0.3 is 15.2 Å². The van der Waals surface area contributed by atoms with Gasteiger partial charge in [0.05, 0.1) is 17.1 Å². The van der Waals surface area contributed by atoms with Crippen LogP contribution < -0.4 is 10.2 Å². The first-order valence-corrected chi connectivity index (χ1v) is 5.23. The average molecular weight is 202 g/mol. The molecule has 0 atom stereocenters. The van der Waals surface area contributed by atoms with Crippen molar-refractivity contribution >= 4 is 17.0 Å². The van der Waals surface area contributed by atoms with Gasteiger partial charge in [0.25, 0.3) is 0 Å². The van der Waals surface area contributed by atoms with E-state index in [0.29, 0.717) is 6.04 Å². The molecule has 0 unspecified atom stereocenters. The van der Waals surface area contributed by atoms with E-state index in [0.717, 1.165) is 30.1 Å². The van der Waals surface area contributed by atoms with Gasteiger partial charge in [-0.05, 0) is 12.1 Å². The lowest BCUT2D eigenvalue weighted by molar-refractivity contribution is 0.425. The van der Waals surface area contributed by atoms with Crippen LogP contribution in [0.15, 0.2) is 24.3 Å². The first-order chi connectivity index (χ1) is 7.34. The van der Waals surface area contributed by atoms with Crippen molar-refractivity contribution in [2.75, 3.05) is 25.0 Å². The Morgan fingerprint density at radius 3 is 2.80 bits per heavy atom. The highest BCUT2D eigenvalue weighted by Gasteiger charge is 2.23. The summed E-state index contributed by atoms with van der Waals surface area (Å²) < 4.78 is 0. The minimum absolute atomic E-state index is 0.575. The van der Waals surface area contributed by atoms with Crippen LogP contribution in [0.5, 0.6) is 0 Å². The molecule has 78 valence electrons. The highest BCUT2D eigenvalue weighted by molar-refractivity contribution is 5.77. The summed E-state index contributed by atoms with van der Waals surface area (Å²) in [4.78, 5) is 10.1. The van der Waals surface area contributed by atoms with Crippen LogP contribution in [0.25, 0.3) is 11.0 Å². The van der Waals surface area contributed by atoms with E-state index in [4.69, 9.17) is 0 Å². The summed E-state index contributed by atoms with van der Waals surface area (Å²) in [6.07, 6.45) is 0. The monoisotopic (exact) mass is 202 g/mol. The number of aromatic amines is 1. The molecular formula is C11H14N4. The summed E-state index contributed by atoms with van der Waals surface area (Å²) in [5.41, 5.74) is 2.14. The number of hydrogen-bond acceptors (Lipinski definition) is 3. The lowest BCUT2D eigenvalue weighted by atomic mass is 10.1.